The Balaban J connectivity index is 1.24. The third kappa shape index (κ3) is 1.70. The van der Waals surface area contributed by atoms with Gasteiger partial charge in [0.25, 0.3) is 0 Å². The summed E-state index contributed by atoms with van der Waals surface area (Å²) < 4.78 is 19.5. The Kier molecular flexibility index (Phi) is 2.93. The second-order valence-electron chi connectivity index (χ2n) is 12.8. The summed E-state index contributed by atoms with van der Waals surface area (Å²) in [7, 11) is 0. The summed E-state index contributed by atoms with van der Waals surface area (Å²) in [6.07, 6.45) is 10.7. The second-order valence-corrected chi connectivity index (χ2v) is 12.8. The van der Waals surface area contributed by atoms with E-state index in [2.05, 4.69) is 20.8 Å². The Morgan fingerprint density at radius 1 is 0.821 bits per heavy atom. The number of hydrogen-bond acceptors (Lipinski definition) is 4. The van der Waals surface area contributed by atoms with Crippen LogP contribution in [0.3, 0.4) is 0 Å². The number of rotatable bonds is 0. The van der Waals surface area contributed by atoms with E-state index in [1.165, 1.54) is 32.1 Å². The number of hydrogen-bond donors (Lipinski definition) is 1. The molecule has 2 bridgehead atoms. The molecular weight excluding hydrogens is 352 g/mol. The summed E-state index contributed by atoms with van der Waals surface area (Å²) in [6, 6.07) is 0. The minimum atomic E-state index is -0.637. The Bertz CT molecular complexity index is 739. The Hall–Kier alpha value is -0.160. The predicted octanol–water partition coefficient (Wildman–Crippen LogP) is 4.04. The molecular formula is C24H36O4. The molecule has 28 heavy (non-hydrogen) atoms. The highest BCUT2D eigenvalue weighted by molar-refractivity contribution is 5.35. The van der Waals surface area contributed by atoms with E-state index in [9.17, 15) is 5.11 Å². The molecule has 4 nitrogen and oxygen atoms in total. The maximum atomic E-state index is 12.1. The van der Waals surface area contributed by atoms with Gasteiger partial charge in [0.05, 0.1) is 31.0 Å². The summed E-state index contributed by atoms with van der Waals surface area (Å²) in [5, 5.41) is 12.1. The number of ether oxygens (including phenoxy) is 3. The fraction of sp³-hybridized carbons (Fsp3) is 1.00. The summed E-state index contributed by atoms with van der Waals surface area (Å²) >= 11 is 0. The smallest absolute Gasteiger partial charge is 0.171 e. The molecule has 3 spiro atoms. The van der Waals surface area contributed by atoms with Crippen LogP contribution in [0.25, 0.3) is 0 Å². The van der Waals surface area contributed by atoms with Gasteiger partial charge in [0.2, 0.25) is 0 Å². The van der Waals surface area contributed by atoms with Gasteiger partial charge in [0, 0.05) is 29.1 Å². The first-order chi connectivity index (χ1) is 13.2. The number of aliphatic hydroxyl groups is 1. The zero-order valence-electron chi connectivity index (χ0n) is 17.8. The summed E-state index contributed by atoms with van der Waals surface area (Å²) in [5.41, 5.74) is 0.157. The van der Waals surface area contributed by atoms with Gasteiger partial charge in [-0.2, -0.15) is 0 Å². The van der Waals surface area contributed by atoms with Gasteiger partial charge in [0.1, 0.15) is 0 Å². The molecule has 0 unspecified atom stereocenters. The van der Waals surface area contributed by atoms with Crippen molar-refractivity contribution >= 4 is 0 Å². The molecule has 5 aliphatic carbocycles. The zero-order chi connectivity index (χ0) is 19.2. The lowest BCUT2D eigenvalue weighted by Gasteiger charge is -2.60. The minimum Gasteiger partial charge on any atom is -0.389 e. The average molecular weight is 389 g/mol. The van der Waals surface area contributed by atoms with Crippen molar-refractivity contribution in [3.8, 4) is 0 Å². The third-order valence-electron chi connectivity index (χ3n) is 11.1. The summed E-state index contributed by atoms with van der Waals surface area (Å²) in [6.45, 7) is 8.38. The molecule has 7 aliphatic rings. The van der Waals surface area contributed by atoms with Crippen molar-refractivity contribution in [1.82, 2.24) is 0 Å². The largest absolute Gasteiger partial charge is 0.389 e. The maximum absolute atomic E-state index is 12.1. The zero-order valence-corrected chi connectivity index (χ0v) is 17.8. The molecule has 2 heterocycles. The Morgan fingerprint density at radius 3 is 2.39 bits per heavy atom. The molecule has 7 rings (SSSR count). The molecule has 1 N–H and O–H groups in total. The van der Waals surface area contributed by atoms with Crippen LogP contribution < -0.4 is 0 Å². The Labute approximate surface area is 168 Å². The van der Waals surface area contributed by atoms with Gasteiger partial charge in [-0.15, -0.1) is 0 Å². The van der Waals surface area contributed by atoms with E-state index in [4.69, 9.17) is 14.2 Å². The van der Waals surface area contributed by atoms with E-state index >= 15 is 0 Å². The van der Waals surface area contributed by atoms with E-state index in [0.29, 0.717) is 24.0 Å². The minimum absolute atomic E-state index is 0.0598. The molecule has 2 aliphatic heterocycles. The van der Waals surface area contributed by atoms with Gasteiger partial charge >= 0.3 is 0 Å². The van der Waals surface area contributed by atoms with Gasteiger partial charge in [0.15, 0.2) is 5.79 Å². The topological polar surface area (TPSA) is 47.9 Å². The molecule has 7 fully saturated rings. The van der Waals surface area contributed by atoms with Crippen LogP contribution in [0, 0.1) is 33.5 Å². The van der Waals surface area contributed by atoms with Crippen molar-refractivity contribution < 1.29 is 19.3 Å². The van der Waals surface area contributed by atoms with E-state index in [0.717, 1.165) is 44.3 Å². The van der Waals surface area contributed by atoms with Crippen LogP contribution >= 0.6 is 0 Å². The van der Waals surface area contributed by atoms with Gasteiger partial charge in [-0.25, -0.2) is 0 Å². The fourth-order valence-electron chi connectivity index (χ4n) is 9.73. The monoisotopic (exact) mass is 388 g/mol. The first-order valence-corrected chi connectivity index (χ1v) is 11.8. The molecule has 5 saturated carbocycles. The Morgan fingerprint density at radius 2 is 1.61 bits per heavy atom. The summed E-state index contributed by atoms with van der Waals surface area (Å²) in [4.78, 5) is 0. The van der Waals surface area contributed by atoms with Crippen molar-refractivity contribution in [2.24, 2.45) is 33.5 Å². The van der Waals surface area contributed by atoms with Gasteiger partial charge in [-0.1, -0.05) is 20.8 Å². The third-order valence-corrected chi connectivity index (χ3v) is 11.1. The molecule has 0 amide bonds. The maximum Gasteiger partial charge on any atom is 0.171 e. The van der Waals surface area contributed by atoms with E-state index in [1.54, 1.807) is 0 Å². The van der Waals surface area contributed by atoms with Crippen molar-refractivity contribution in [2.45, 2.75) is 102 Å². The lowest BCUT2D eigenvalue weighted by atomic mass is 9.49. The molecule has 4 heteroatoms. The molecule has 0 aromatic heterocycles. The molecule has 156 valence electrons. The summed E-state index contributed by atoms with van der Waals surface area (Å²) in [5.74, 6) is 1.04. The van der Waals surface area contributed by atoms with Crippen LogP contribution in [-0.2, 0) is 14.2 Å². The van der Waals surface area contributed by atoms with Crippen molar-refractivity contribution in [2.75, 3.05) is 13.2 Å². The van der Waals surface area contributed by atoms with E-state index in [1.807, 2.05) is 0 Å². The standard InChI is InChI=1S/C24H36O4/c1-19(2)13-26-23(27-14-19)9-8-21-11-24(21)16(6-7-22(21,25)12-23)15-4-5-17-20(15,3)10-18(24)28-17/h15-18,25H,4-14H2,1-3H3/t15-,16-,17-,18-,20+,21+,22+,24-/m0/s1. The highest BCUT2D eigenvalue weighted by Crippen LogP contribution is 2.88. The molecule has 0 aromatic rings. The SMILES string of the molecule is CC1(C)COC2(CC[C@]34C[C@]35[C@@H]3C[C@@]6(C)[C@H](CC[C@H]6[C@@H]5CC[C@@]4(O)C2)O3)OC1. The van der Waals surface area contributed by atoms with Gasteiger partial charge in [-0.05, 0) is 62.2 Å². The van der Waals surface area contributed by atoms with Crippen molar-refractivity contribution in [3.05, 3.63) is 0 Å². The van der Waals surface area contributed by atoms with Crippen LogP contribution in [0.15, 0.2) is 0 Å². The van der Waals surface area contributed by atoms with E-state index < -0.39 is 11.4 Å². The normalized spacial score (nSPS) is 62.1. The van der Waals surface area contributed by atoms with Gasteiger partial charge in [-0.3, -0.25) is 0 Å². The van der Waals surface area contributed by atoms with Crippen molar-refractivity contribution in [3.63, 3.8) is 0 Å². The molecule has 0 radical (unpaired) electrons. The predicted molar refractivity (Wildman–Crippen MR) is 104 cm³/mol. The van der Waals surface area contributed by atoms with E-state index in [-0.39, 0.29) is 16.2 Å². The van der Waals surface area contributed by atoms with Crippen LogP contribution in [0.4, 0.5) is 0 Å². The quantitative estimate of drug-likeness (QED) is 0.680. The molecule has 8 atom stereocenters. The molecule has 0 aromatic carbocycles. The van der Waals surface area contributed by atoms with Crippen LogP contribution in [0.1, 0.15) is 78.6 Å². The highest BCUT2D eigenvalue weighted by Gasteiger charge is 2.88. The van der Waals surface area contributed by atoms with Crippen LogP contribution in [-0.4, -0.2) is 41.9 Å². The van der Waals surface area contributed by atoms with Crippen LogP contribution in [0.5, 0.6) is 0 Å². The number of fused-ring (bicyclic) bond motifs is 2. The van der Waals surface area contributed by atoms with Gasteiger partial charge < -0.3 is 19.3 Å². The average Bonchev–Trinajstić information content (AvgIpc) is 3.09. The first-order valence-electron chi connectivity index (χ1n) is 11.8. The second kappa shape index (κ2) is 4.69. The lowest BCUT2D eigenvalue weighted by molar-refractivity contribution is -0.344. The lowest BCUT2D eigenvalue weighted by Crippen LogP contribution is -2.63. The van der Waals surface area contributed by atoms with Crippen molar-refractivity contribution in [1.29, 1.82) is 0 Å². The van der Waals surface area contributed by atoms with Crippen LogP contribution in [0.2, 0.25) is 0 Å². The molecule has 2 saturated heterocycles. The fourth-order valence-corrected chi connectivity index (χ4v) is 9.73. The highest BCUT2D eigenvalue weighted by atomic mass is 16.7. The first kappa shape index (κ1) is 17.5.